The monoisotopic (exact) mass is 624 g/mol. The van der Waals surface area contributed by atoms with Gasteiger partial charge in [0.05, 0.1) is 12.9 Å². The minimum absolute atomic E-state index is 0.187. The van der Waals surface area contributed by atoms with Crippen LogP contribution >= 0.6 is 15.9 Å². The molecule has 0 aliphatic carbocycles. The molecule has 2 saturated heterocycles. The van der Waals surface area contributed by atoms with Gasteiger partial charge in [-0.15, -0.1) is 0 Å². The first-order valence-corrected chi connectivity index (χ1v) is 16.1. The number of fused-ring (bicyclic) bond motifs is 2. The van der Waals surface area contributed by atoms with Gasteiger partial charge >= 0.3 is 0 Å². The van der Waals surface area contributed by atoms with Gasteiger partial charge in [-0.25, -0.2) is 9.97 Å². The van der Waals surface area contributed by atoms with Gasteiger partial charge in [0.1, 0.15) is 18.3 Å². The SMILES string of the molecule is CC1(C)O[C@@H]2[C@H](O1)[C@@H](CO[Si](c1ccccc1)(c1ccccc1)C(C)(C)C)O[C@H]2n1c(Br)nc2c(=O)[nH]cnc21. The van der Waals surface area contributed by atoms with Crippen LogP contribution in [0.3, 0.4) is 0 Å². The number of H-pyrrole nitrogens is 1. The van der Waals surface area contributed by atoms with E-state index < -0.39 is 38.6 Å². The number of benzene rings is 2. The van der Waals surface area contributed by atoms with Crippen molar-refractivity contribution in [1.29, 1.82) is 0 Å². The highest BCUT2D eigenvalue weighted by atomic mass is 79.9. The summed E-state index contributed by atoms with van der Waals surface area (Å²) in [6.45, 7) is 10.8. The van der Waals surface area contributed by atoms with Crippen molar-refractivity contribution in [2.45, 2.75) is 70.0 Å². The first kappa shape index (κ1) is 27.5. The molecule has 4 aromatic rings. The molecular formula is C29H33BrN4O5Si. The first-order chi connectivity index (χ1) is 19.0. The third-order valence-corrected chi connectivity index (χ3v) is 13.3. The molecule has 2 aliphatic heterocycles. The lowest BCUT2D eigenvalue weighted by molar-refractivity contribution is -0.199. The molecule has 2 aromatic heterocycles. The number of aromatic nitrogens is 4. The molecule has 40 heavy (non-hydrogen) atoms. The van der Waals surface area contributed by atoms with Crippen molar-refractivity contribution in [3.05, 3.63) is 82.1 Å². The predicted octanol–water partition coefficient (Wildman–Crippen LogP) is 3.88. The Morgan fingerprint density at radius 1 is 1.02 bits per heavy atom. The molecule has 4 atom stereocenters. The molecule has 0 saturated carbocycles. The Bertz CT molecular complexity index is 1530. The van der Waals surface area contributed by atoms with Crippen molar-refractivity contribution in [1.82, 2.24) is 19.5 Å². The lowest BCUT2D eigenvalue weighted by atomic mass is 10.1. The van der Waals surface area contributed by atoms with Crippen molar-refractivity contribution in [3.63, 3.8) is 0 Å². The lowest BCUT2D eigenvalue weighted by Crippen LogP contribution is -2.67. The second kappa shape index (κ2) is 10.0. The van der Waals surface area contributed by atoms with Crippen molar-refractivity contribution in [2.75, 3.05) is 6.61 Å². The highest BCUT2D eigenvalue weighted by Gasteiger charge is 2.58. The maximum Gasteiger partial charge on any atom is 0.278 e. The molecule has 0 amide bonds. The third kappa shape index (κ3) is 4.49. The van der Waals surface area contributed by atoms with E-state index in [9.17, 15) is 4.79 Å². The van der Waals surface area contributed by atoms with Crippen molar-refractivity contribution in [2.24, 2.45) is 0 Å². The number of aromatic amines is 1. The van der Waals surface area contributed by atoms with E-state index in [1.807, 2.05) is 26.0 Å². The maximum atomic E-state index is 12.4. The number of ether oxygens (including phenoxy) is 3. The second-order valence-electron chi connectivity index (χ2n) is 11.8. The predicted molar refractivity (Wildman–Crippen MR) is 157 cm³/mol. The van der Waals surface area contributed by atoms with Gasteiger partial charge in [-0.3, -0.25) is 9.36 Å². The fourth-order valence-electron chi connectivity index (χ4n) is 6.09. The standard InChI is InChI=1S/C29H33BrN4O5Si/c1-28(2,3)40(18-12-8-6-9-13-18,19-14-10-7-11-15-19)36-16-20-22-23(39-29(4,5)38-22)26(37-20)34-24-21(33-27(34)30)25(35)32-17-31-24/h6-15,17,20,22-23,26H,16H2,1-5H3,(H,31,32,35)/t20-,22-,23-,26-/m1/s1. The zero-order valence-electron chi connectivity index (χ0n) is 23.1. The molecule has 210 valence electrons. The van der Waals surface area contributed by atoms with Crippen LogP contribution in [0.25, 0.3) is 11.2 Å². The van der Waals surface area contributed by atoms with Gasteiger partial charge in [-0.2, -0.15) is 0 Å². The normalized spacial score (nSPS) is 24.4. The summed E-state index contributed by atoms with van der Waals surface area (Å²) in [6, 6.07) is 21.0. The van der Waals surface area contributed by atoms with E-state index >= 15 is 0 Å². The van der Waals surface area contributed by atoms with Crippen LogP contribution in [0.4, 0.5) is 0 Å². The number of nitrogens with one attached hydrogen (secondary N) is 1. The van der Waals surface area contributed by atoms with E-state index in [1.54, 1.807) is 4.57 Å². The van der Waals surface area contributed by atoms with Gasteiger partial charge < -0.3 is 23.6 Å². The molecule has 4 heterocycles. The Kier molecular flexibility index (Phi) is 6.87. The number of halogens is 1. The number of rotatable bonds is 6. The smallest absolute Gasteiger partial charge is 0.278 e. The fraction of sp³-hybridized carbons (Fsp3) is 0.414. The summed E-state index contributed by atoms with van der Waals surface area (Å²) in [5.41, 5.74) is 0.301. The van der Waals surface area contributed by atoms with E-state index in [4.69, 9.17) is 18.6 Å². The number of hydrogen-bond acceptors (Lipinski definition) is 7. The summed E-state index contributed by atoms with van der Waals surface area (Å²) < 4.78 is 28.8. The van der Waals surface area contributed by atoms with Gasteiger partial charge in [0.15, 0.2) is 27.9 Å². The molecule has 0 spiro atoms. The van der Waals surface area contributed by atoms with E-state index in [2.05, 4.69) is 100 Å². The molecule has 0 bridgehead atoms. The van der Waals surface area contributed by atoms with Crippen LogP contribution in [-0.2, 0) is 18.6 Å². The summed E-state index contributed by atoms with van der Waals surface area (Å²) in [6.07, 6.45) is -0.568. The molecule has 0 unspecified atom stereocenters. The Morgan fingerprint density at radius 3 is 2.23 bits per heavy atom. The van der Waals surface area contributed by atoms with Crippen LogP contribution in [0.15, 0.2) is 76.5 Å². The second-order valence-corrected chi connectivity index (χ2v) is 16.8. The van der Waals surface area contributed by atoms with E-state index in [-0.39, 0.29) is 16.1 Å². The molecule has 2 aliphatic rings. The maximum absolute atomic E-state index is 12.4. The van der Waals surface area contributed by atoms with Crippen molar-refractivity contribution >= 4 is 45.8 Å². The quantitative estimate of drug-likeness (QED) is 0.257. The van der Waals surface area contributed by atoms with Crippen LogP contribution in [0.5, 0.6) is 0 Å². The number of hydrogen-bond donors (Lipinski definition) is 1. The Morgan fingerprint density at radius 2 is 1.62 bits per heavy atom. The Balaban J connectivity index is 1.40. The Hall–Kier alpha value is -2.67. The van der Waals surface area contributed by atoms with E-state index in [1.165, 1.54) is 16.7 Å². The van der Waals surface area contributed by atoms with Crippen LogP contribution in [0.1, 0.15) is 40.8 Å². The molecule has 0 radical (unpaired) electrons. The van der Waals surface area contributed by atoms with Gasteiger partial charge in [0.2, 0.25) is 0 Å². The topological polar surface area (TPSA) is 100 Å². The van der Waals surface area contributed by atoms with Crippen LogP contribution < -0.4 is 15.9 Å². The molecule has 1 N–H and O–H groups in total. The summed E-state index contributed by atoms with van der Waals surface area (Å²) >= 11 is 3.52. The first-order valence-electron chi connectivity index (χ1n) is 13.4. The molecule has 9 nitrogen and oxygen atoms in total. The van der Waals surface area contributed by atoms with Gasteiger partial charge in [0.25, 0.3) is 13.9 Å². The van der Waals surface area contributed by atoms with Crippen LogP contribution in [0.2, 0.25) is 5.04 Å². The highest BCUT2D eigenvalue weighted by molar-refractivity contribution is 9.10. The van der Waals surface area contributed by atoms with Gasteiger partial charge in [-0.1, -0.05) is 81.4 Å². The van der Waals surface area contributed by atoms with Crippen LogP contribution in [0, 0.1) is 0 Å². The fourth-order valence-corrected chi connectivity index (χ4v) is 11.2. The zero-order chi connectivity index (χ0) is 28.3. The molecule has 6 rings (SSSR count). The molecule has 2 aromatic carbocycles. The number of imidazole rings is 1. The summed E-state index contributed by atoms with van der Waals surface area (Å²) in [4.78, 5) is 23.8. The van der Waals surface area contributed by atoms with E-state index in [0.29, 0.717) is 17.0 Å². The zero-order valence-corrected chi connectivity index (χ0v) is 25.7. The summed E-state index contributed by atoms with van der Waals surface area (Å²) in [5.74, 6) is -0.819. The van der Waals surface area contributed by atoms with Crippen molar-refractivity contribution in [3.8, 4) is 0 Å². The lowest BCUT2D eigenvalue weighted by Gasteiger charge is -2.43. The molecule has 11 heteroatoms. The number of nitrogens with zero attached hydrogens (tertiary/aromatic N) is 3. The third-order valence-electron chi connectivity index (χ3n) is 7.70. The molecule has 2 fully saturated rings. The summed E-state index contributed by atoms with van der Waals surface area (Å²) in [7, 11) is -2.81. The minimum Gasteiger partial charge on any atom is -0.405 e. The largest absolute Gasteiger partial charge is 0.405 e. The van der Waals surface area contributed by atoms with Gasteiger partial charge in [0, 0.05) is 0 Å². The molecular weight excluding hydrogens is 592 g/mol. The van der Waals surface area contributed by atoms with Crippen LogP contribution in [-0.4, -0.2) is 58.5 Å². The highest BCUT2D eigenvalue weighted by Crippen LogP contribution is 2.45. The van der Waals surface area contributed by atoms with E-state index in [0.717, 1.165) is 0 Å². The Labute approximate surface area is 242 Å². The average Bonchev–Trinajstić information content (AvgIpc) is 3.53. The minimum atomic E-state index is -2.81. The van der Waals surface area contributed by atoms with Gasteiger partial charge in [-0.05, 0) is 45.2 Å². The summed E-state index contributed by atoms with van der Waals surface area (Å²) in [5, 5.41) is 2.19. The average molecular weight is 626 g/mol. The van der Waals surface area contributed by atoms with Crippen molar-refractivity contribution < 1.29 is 18.6 Å².